The van der Waals surface area contributed by atoms with Crippen molar-refractivity contribution in [2.45, 2.75) is 53.8 Å². The maximum absolute atomic E-state index is 4.43. The van der Waals surface area contributed by atoms with Crippen LogP contribution in [0.4, 0.5) is 0 Å². The number of thiazole rings is 1. The summed E-state index contributed by atoms with van der Waals surface area (Å²) in [6.07, 6.45) is 3.07. The largest absolute Gasteiger partial charge is 0.349 e. The van der Waals surface area contributed by atoms with Gasteiger partial charge >= 0.3 is 0 Å². The Morgan fingerprint density at radius 3 is 2.63 bits per heavy atom. The van der Waals surface area contributed by atoms with Crippen LogP contribution in [0.15, 0.2) is 12.3 Å². The number of nitrogens with zero attached hydrogens (tertiary/aromatic N) is 2. The molecule has 19 heavy (non-hydrogen) atoms. The fourth-order valence-electron chi connectivity index (χ4n) is 2.44. The molecule has 4 heteroatoms. The monoisotopic (exact) mass is 277 g/mol. The SMILES string of the molecule is CCc1cnc(CNCc2cc(C)n(CC)c2C)s1. The molecule has 0 aliphatic carbocycles. The third-order valence-electron chi connectivity index (χ3n) is 3.54. The molecule has 2 rings (SSSR count). The van der Waals surface area contributed by atoms with Crippen molar-refractivity contribution in [3.63, 3.8) is 0 Å². The first-order valence-corrected chi connectivity index (χ1v) is 7.77. The lowest BCUT2D eigenvalue weighted by molar-refractivity contribution is 0.673. The summed E-state index contributed by atoms with van der Waals surface area (Å²) < 4.78 is 2.36. The Bertz CT molecular complexity index is 540. The molecule has 0 saturated carbocycles. The lowest BCUT2D eigenvalue weighted by atomic mass is 10.2. The van der Waals surface area contributed by atoms with Crippen molar-refractivity contribution in [1.29, 1.82) is 0 Å². The highest BCUT2D eigenvalue weighted by molar-refractivity contribution is 7.11. The second-order valence-electron chi connectivity index (χ2n) is 4.82. The Hall–Kier alpha value is -1.13. The number of nitrogens with one attached hydrogen (secondary N) is 1. The molecule has 2 aromatic heterocycles. The molecule has 0 spiro atoms. The highest BCUT2D eigenvalue weighted by Gasteiger charge is 2.07. The lowest BCUT2D eigenvalue weighted by Crippen LogP contribution is -2.13. The average Bonchev–Trinajstić information content (AvgIpc) is 2.95. The van der Waals surface area contributed by atoms with Gasteiger partial charge < -0.3 is 9.88 Å². The average molecular weight is 277 g/mol. The molecule has 0 amide bonds. The first-order chi connectivity index (χ1) is 9.15. The molecular weight excluding hydrogens is 254 g/mol. The summed E-state index contributed by atoms with van der Waals surface area (Å²) in [5, 5.41) is 4.68. The van der Waals surface area contributed by atoms with Crippen molar-refractivity contribution in [1.82, 2.24) is 14.9 Å². The van der Waals surface area contributed by atoms with Crippen molar-refractivity contribution in [2.24, 2.45) is 0 Å². The topological polar surface area (TPSA) is 29.9 Å². The number of aromatic nitrogens is 2. The zero-order valence-electron chi connectivity index (χ0n) is 12.3. The molecule has 0 atom stereocenters. The van der Waals surface area contributed by atoms with Crippen LogP contribution in [0, 0.1) is 13.8 Å². The van der Waals surface area contributed by atoms with Crippen molar-refractivity contribution < 1.29 is 0 Å². The summed E-state index contributed by atoms with van der Waals surface area (Å²) in [5.41, 5.74) is 4.12. The highest BCUT2D eigenvalue weighted by Crippen LogP contribution is 2.16. The van der Waals surface area contributed by atoms with Crippen LogP contribution in [0.3, 0.4) is 0 Å². The number of aryl methyl sites for hydroxylation is 2. The Morgan fingerprint density at radius 2 is 2.05 bits per heavy atom. The molecule has 2 aromatic rings. The molecule has 2 heterocycles. The molecule has 0 aromatic carbocycles. The molecule has 0 saturated heterocycles. The Kier molecular flexibility index (Phi) is 4.77. The third-order valence-corrected chi connectivity index (χ3v) is 4.68. The molecule has 0 radical (unpaired) electrons. The maximum atomic E-state index is 4.43. The van der Waals surface area contributed by atoms with Gasteiger partial charge in [0.25, 0.3) is 0 Å². The standard InChI is InChI=1S/C15H23N3S/c1-5-14-9-17-15(19-14)10-16-8-13-7-11(3)18(6-2)12(13)4/h7,9,16H,5-6,8,10H2,1-4H3. The minimum atomic E-state index is 0.862. The van der Waals surface area contributed by atoms with E-state index in [0.29, 0.717) is 0 Å². The van der Waals surface area contributed by atoms with E-state index in [1.807, 2.05) is 6.20 Å². The molecule has 0 aliphatic heterocycles. The van der Waals surface area contributed by atoms with Gasteiger partial charge in [-0.25, -0.2) is 4.98 Å². The van der Waals surface area contributed by atoms with E-state index in [4.69, 9.17) is 0 Å². The van der Waals surface area contributed by atoms with Gasteiger partial charge in [0.2, 0.25) is 0 Å². The second kappa shape index (κ2) is 6.35. The fourth-order valence-corrected chi connectivity index (χ4v) is 3.27. The Labute approximate surface area is 119 Å². The van der Waals surface area contributed by atoms with Crippen LogP contribution in [0.5, 0.6) is 0 Å². The Balaban J connectivity index is 1.92. The van der Waals surface area contributed by atoms with Crippen LogP contribution >= 0.6 is 11.3 Å². The normalized spacial score (nSPS) is 11.2. The summed E-state index contributed by atoms with van der Waals surface area (Å²) in [7, 11) is 0. The van der Waals surface area contributed by atoms with Gasteiger partial charge in [-0.3, -0.25) is 0 Å². The summed E-state index contributed by atoms with van der Waals surface area (Å²) >= 11 is 1.81. The van der Waals surface area contributed by atoms with E-state index in [9.17, 15) is 0 Å². The van der Waals surface area contributed by atoms with Gasteiger partial charge in [0, 0.05) is 42.1 Å². The third kappa shape index (κ3) is 3.25. The molecule has 1 N–H and O–H groups in total. The predicted octanol–water partition coefficient (Wildman–Crippen LogP) is 3.43. The lowest BCUT2D eigenvalue weighted by Gasteiger charge is -2.06. The van der Waals surface area contributed by atoms with Crippen LogP contribution in [0.1, 0.15) is 40.7 Å². The van der Waals surface area contributed by atoms with Gasteiger partial charge in [-0.05, 0) is 38.8 Å². The molecule has 0 aliphatic rings. The van der Waals surface area contributed by atoms with Gasteiger partial charge in [-0.1, -0.05) is 6.92 Å². The number of rotatable bonds is 6. The molecule has 0 bridgehead atoms. The van der Waals surface area contributed by atoms with Gasteiger partial charge in [0.05, 0.1) is 0 Å². The quantitative estimate of drug-likeness (QED) is 0.876. The smallest absolute Gasteiger partial charge is 0.107 e. The first kappa shape index (κ1) is 14.3. The van der Waals surface area contributed by atoms with E-state index in [0.717, 1.165) is 26.1 Å². The van der Waals surface area contributed by atoms with Crippen molar-refractivity contribution in [2.75, 3.05) is 0 Å². The van der Waals surface area contributed by atoms with Gasteiger partial charge in [-0.2, -0.15) is 0 Å². The summed E-state index contributed by atoms with van der Waals surface area (Å²) in [6.45, 7) is 11.6. The molecule has 3 nitrogen and oxygen atoms in total. The summed E-state index contributed by atoms with van der Waals surface area (Å²) in [4.78, 5) is 5.79. The van der Waals surface area contributed by atoms with Crippen LogP contribution in [-0.2, 0) is 26.1 Å². The first-order valence-electron chi connectivity index (χ1n) is 6.95. The van der Waals surface area contributed by atoms with E-state index in [-0.39, 0.29) is 0 Å². The minimum absolute atomic E-state index is 0.862. The summed E-state index contributed by atoms with van der Waals surface area (Å²) in [5.74, 6) is 0. The van der Waals surface area contributed by atoms with E-state index < -0.39 is 0 Å². The van der Waals surface area contributed by atoms with Crippen LogP contribution < -0.4 is 5.32 Å². The second-order valence-corrected chi connectivity index (χ2v) is 6.02. The number of hydrogen-bond acceptors (Lipinski definition) is 3. The zero-order chi connectivity index (χ0) is 13.8. The van der Waals surface area contributed by atoms with Crippen LogP contribution in [-0.4, -0.2) is 9.55 Å². The maximum Gasteiger partial charge on any atom is 0.107 e. The van der Waals surface area contributed by atoms with Crippen molar-refractivity contribution >= 4 is 11.3 Å². The minimum Gasteiger partial charge on any atom is -0.349 e. The predicted molar refractivity (Wildman–Crippen MR) is 81.6 cm³/mol. The Morgan fingerprint density at radius 1 is 1.26 bits per heavy atom. The van der Waals surface area contributed by atoms with E-state index in [1.54, 1.807) is 11.3 Å². The van der Waals surface area contributed by atoms with Gasteiger partial charge in [0.15, 0.2) is 0 Å². The van der Waals surface area contributed by atoms with Crippen molar-refractivity contribution in [3.05, 3.63) is 39.1 Å². The van der Waals surface area contributed by atoms with E-state index in [1.165, 1.54) is 26.8 Å². The van der Waals surface area contributed by atoms with Gasteiger partial charge in [-0.15, -0.1) is 11.3 Å². The molecular formula is C15H23N3S. The zero-order valence-corrected chi connectivity index (χ0v) is 13.1. The van der Waals surface area contributed by atoms with E-state index >= 15 is 0 Å². The molecule has 0 fully saturated rings. The molecule has 104 valence electrons. The summed E-state index contributed by atoms with van der Waals surface area (Å²) in [6, 6.07) is 2.28. The van der Waals surface area contributed by atoms with Gasteiger partial charge in [0.1, 0.15) is 5.01 Å². The van der Waals surface area contributed by atoms with Crippen LogP contribution in [0.25, 0.3) is 0 Å². The van der Waals surface area contributed by atoms with Crippen molar-refractivity contribution in [3.8, 4) is 0 Å². The fraction of sp³-hybridized carbons (Fsp3) is 0.533. The number of hydrogen-bond donors (Lipinski definition) is 1. The molecule has 0 unspecified atom stereocenters. The van der Waals surface area contributed by atoms with Crippen LogP contribution in [0.2, 0.25) is 0 Å². The highest BCUT2D eigenvalue weighted by atomic mass is 32.1. The van der Waals surface area contributed by atoms with E-state index in [2.05, 4.69) is 48.6 Å².